The van der Waals surface area contributed by atoms with Crippen LogP contribution >= 0.6 is 0 Å². The highest BCUT2D eigenvalue weighted by atomic mass is 16.1. The third kappa shape index (κ3) is 5.47. The van der Waals surface area contributed by atoms with Crippen LogP contribution in [0.15, 0.2) is 36.7 Å². The van der Waals surface area contributed by atoms with Crippen molar-refractivity contribution >= 4 is 11.6 Å². The molecule has 0 saturated heterocycles. The number of amides is 1. The van der Waals surface area contributed by atoms with E-state index >= 15 is 0 Å². The Bertz CT molecular complexity index is 1490. The van der Waals surface area contributed by atoms with Crippen molar-refractivity contribution in [2.75, 3.05) is 5.32 Å². The lowest BCUT2D eigenvalue weighted by atomic mass is 9.57. The third-order valence-corrected chi connectivity index (χ3v) is 9.99. The van der Waals surface area contributed by atoms with Gasteiger partial charge in [0.1, 0.15) is 17.8 Å². The number of nitrogens with one attached hydrogen (secondary N) is 2. The van der Waals surface area contributed by atoms with E-state index in [0.717, 1.165) is 55.0 Å². The molecule has 3 aliphatic rings. The van der Waals surface area contributed by atoms with Gasteiger partial charge in [-0.05, 0) is 79.3 Å². The van der Waals surface area contributed by atoms with E-state index in [-0.39, 0.29) is 16.7 Å². The Morgan fingerprint density at radius 3 is 2.64 bits per heavy atom. The van der Waals surface area contributed by atoms with Crippen LogP contribution in [0.3, 0.4) is 0 Å². The van der Waals surface area contributed by atoms with Crippen molar-refractivity contribution in [1.29, 1.82) is 5.26 Å². The lowest BCUT2D eigenvalue weighted by molar-refractivity contribution is 0.102. The Balaban J connectivity index is 1.25. The van der Waals surface area contributed by atoms with Crippen LogP contribution in [0.4, 0.5) is 5.69 Å². The number of fused-ring (bicyclic) bond motifs is 1. The first-order valence-corrected chi connectivity index (χ1v) is 15.7. The predicted octanol–water partition coefficient (Wildman–Crippen LogP) is 6.11. The van der Waals surface area contributed by atoms with E-state index < -0.39 is 0 Å². The van der Waals surface area contributed by atoms with Gasteiger partial charge in [0.15, 0.2) is 0 Å². The summed E-state index contributed by atoms with van der Waals surface area (Å²) in [6.07, 6.45) is 13.7. The Morgan fingerprint density at radius 2 is 1.93 bits per heavy atom. The highest BCUT2D eigenvalue weighted by Crippen LogP contribution is 2.53. The summed E-state index contributed by atoms with van der Waals surface area (Å²) in [5.41, 5.74) is 5.54. The molecule has 220 valence electrons. The molecule has 0 unspecified atom stereocenters. The number of nitriles is 1. The summed E-state index contributed by atoms with van der Waals surface area (Å²) < 4.78 is 1.97. The van der Waals surface area contributed by atoms with Gasteiger partial charge in [-0.25, -0.2) is 4.98 Å². The number of benzene rings is 1. The van der Waals surface area contributed by atoms with Crippen LogP contribution in [-0.2, 0) is 30.8 Å². The molecule has 6 rings (SSSR count). The van der Waals surface area contributed by atoms with E-state index in [9.17, 15) is 10.1 Å². The molecule has 42 heavy (non-hydrogen) atoms. The zero-order valence-corrected chi connectivity index (χ0v) is 25.2. The Kier molecular flexibility index (Phi) is 7.89. The van der Waals surface area contributed by atoms with Gasteiger partial charge in [0.25, 0.3) is 5.91 Å². The van der Waals surface area contributed by atoms with E-state index in [2.05, 4.69) is 52.9 Å². The second-order valence-corrected chi connectivity index (χ2v) is 13.5. The quantitative estimate of drug-likeness (QED) is 0.319. The van der Waals surface area contributed by atoms with Crippen molar-refractivity contribution < 1.29 is 4.79 Å². The van der Waals surface area contributed by atoms with Gasteiger partial charge in [0, 0.05) is 37.2 Å². The van der Waals surface area contributed by atoms with Gasteiger partial charge in [-0.2, -0.15) is 5.26 Å². The third-order valence-electron chi connectivity index (χ3n) is 9.99. The molecule has 0 atom stereocenters. The number of aromatic nitrogens is 4. The summed E-state index contributed by atoms with van der Waals surface area (Å²) in [7, 11) is 1.96. The fourth-order valence-electron chi connectivity index (χ4n) is 7.58. The molecule has 3 aliphatic carbocycles. The first-order valence-electron chi connectivity index (χ1n) is 15.7. The van der Waals surface area contributed by atoms with Crippen molar-refractivity contribution in [1.82, 2.24) is 25.1 Å². The average molecular weight is 566 g/mol. The van der Waals surface area contributed by atoms with Gasteiger partial charge in [-0.3, -0.25) is 4.79 Å². The molecule has 8 heteroatoms. The number of anilines is 1. The second-order valence-electron chi connectivity index (χ2n) is 13.5. The SMILES string of the molecule is Cn1cnnc1C1(c2cccc(NC(=O)c3cc(CNC4CCCCCC4)c4c(n3)C(C)(C)CC4)c2)CC(CC#N)C1. The fourth-order valence-corrected chi connectivity index (χ4v) is 7.58. The summed E-state index contributed by atoms with van der Waals surface area (Å²) >= 11 is 0. The van der Waals surface area contributed by atoms with Crippen LogP contribution in [-0.4, -0.2) is 31.7 Å². The predicted molar refractivity (Wildman–Crippen MR) is 163 cm³/mol. The molecule has 2 aromatic heterocycles. The van der Waals surface area contributed by atoms with Crippen molar-refractivity contribution in [2.24, 2.45) is 13.0 Å². The molecular weight excluding hydrogens is 522 g/mol. The minimum absolute atomic E-state index is 0.0463. The average Bonchev–Trinajstić information content (AvgIpc) is 3.40. The maximum absolute atomic E-state index is 13.7. The number of carbonyl (C=O) groups excluding carboxylic acids is 1. The van der Waals surface area contributed by atoms with Gasteiger partial charge in [-0.15, -0.1) is 10.2 Å². The summed E-state index contributed by atoms with van der Waals surface area (Å²) in [5, 5.41) is 24.8. The molecule has 0 bridgehead atoms. The van der Waals surface area contributed by atoms with Crippen LogP contribution in [0.25, 0.3) is 0 Å². The van der Waals surface area contributed by atoms with Crippen molar-refractivity contribution in [2.45, 2.75) is 108 Å². The molecule has 2 heterocycles. The molecule has 1 aromatic carbocycles. The topological polar surface area (TPSA) is 109 Å². The largest absolute Gasteiger partial charge is 0.321 e. The molecular formula is C34H43N7O. The number of pyridine rings is 1. The minimum Gasteiger partial charge on any atom is -0.321 e. The van der Waals surface area contributed by atoms with Gasteiger partial charge in [0.2, 0.25) is 0 Å². The Labute approximate surface area is 249 Å². The maximum Gasteiger partial charge on any atom is 0.274 e. The smallest absolute Gasteiger partial charge is 0.274 e. The van der Waals surface area contributed by atoms with Crippen LogP contribution in [0.5, 0.6) is 0 Å². The molecule has 3 aromatic rings. The van der Waals surface area contributed by atoms with Crippen LogP contribution in [0.1, 0.15) is 117 Å². The minimum atomic E-state index is -0.319. The van der Waals surface area contributed by atoms with E-state index in [1.54, 1.807) is 6.33 Å². The number of aryl methyl sites for hydroxylation is 1. The number of hydrogen-bond donors (Lipinski definition) is 2. The van der Waals surface area contributed by atoms with E-state index in [1.807, 2.05) is 29.8 Å². The van der Waals surface area contributed by atoms with Crippen LogP contribution < -0.4 is 10.6 Å². The van der Waals surface area contributed by atoms with Gasteiger partial charge < -0.3 is 15.2 Å². The second kappa shape index (κ2) is 11.6. The molecule has 2 saturated carbocycles. The first-order chi connectivity index (χ1) is 20.3. The molecule has 0 spiro atoms. The fraction of sp³-hybridized carbons (Fsp3) is 0.559. The number of nitrogens with zero attached hydrogens (tertiary/aromatic N) is 5. The van der Waals surface area contributed by atoms with Gasteiger partial charge >= 0.3 is 0 Å². The summed E-state index contributed by atoms with van der Waals surface area (Å²) in [5.74, 6) is 1.04. The van der Waals surface area contributed by atoms with Crippen LogP contribution in [0, 0.1) is 17.2 Å². The van der Waals surface area contributed by atoms with E-state index in [1.165, 1.54) is 49.7 Å². The number of rotatable bonds is 8. The maximum atomic E-state index is 13.7. The lowest BCUT2D eigenvalue weighted by Gasteiger charge is -2.46. The molecule has 8 nitrogen and oxygen atoms in total. The summed E-state index contributed by atoms with van der Waals surface area (Å²) in [6.45, 7) is 5.26. The normalized spacial score (nSPS) is 23.4. The Hall–Kier alpha value is -3.57. The van der Waals surface area contributed by atoms with E-state index in [4.69, 9.17) is 4.98 Å². The highest BCUT2D eigenvalue weighted by molar-refractivity contribution is 6.03. The Morgan fingerprint density at radius 1 is 1.14 bits per heavy atom. The highest BCUT2D eigenvalue weighted by Gasteiger charge is 2.49. The lowest BCUT2D eigenvalue weighted by Crippen LogP contribution is -2.44. The van der Waals surface area contributed by atoms with Gasteiger partial charge in [-0.1, -0.05) is 51.7 Å². The van der Waals surface area contributed by atoms with Crippen molar-refractivity contribution in [3.05, 3.63) is 70.6 Å². The molecule has 2 N–H and O–H groups in total. The molecule has 1 amide bonds. The zero-order chi connectivity index (χ0) is 29.3. The standard InChI is InChI=1S/C34H43N7O/c1-33(2)15-13-28-24(21-36-26-10-6-4-5-7-11-26)17-29(39-30(28)33)31(42)38-27-12-8-9-25(18-27)34(19-23(20-34)14-16-35)32-40-37-22-41(32)3/h8-9,12,17-18,22-23,26,36H,4-7,10-11,13-15,19-21H2,1-3H3,(H,38,42). The zero-order valence-electron chi connectivity index (χ0n) is 25.2. The van der Waals surface area contributed by atoms with E-state index in [0.29, 0.717) is 24.1 Å². The number of carbonyl (C=O) groups is 1. The summed E-state index contributed by atoms with van der Waals surface area (Å²) in [4.78, 5) is 18.7. The summed E-state index contributed by atoms with van der Waals surface area (Å²) in [6, 6.07) is 13.0. The van der Waals surface area contributed by atoms with Crippen molar-refractivity contribution in [3.8, 4) is 6.07 Å². The molecule has 0 aliphatic heterocycles. The van der Waals surface area contributed by atoms with Gasteiger partial charge in [0.05, 0.1) is 17.2 Å². The first kappa shape index (κ1) is 28.5. The van der Waals surface area contributed by atoms with Crippen molar-refractivity contribution in [3.63, 3.8) is 0 Å². The molecule has 0 radical (unpaired) electrons. The monoisotopic (exact) mass is 565 g/mol. The van der Waals surface area contributed by atoms with Crippen LogP contribution in [0.2, 0.25) is 0 Å². The number of hydrogen-bond acceptors (Lipinski definition) is 6. The molecule has 2 fully saturated rings.